The Hall–Kier alpha value is -1.91. The monoisotopic (exact) mass is 349 g/mol. The summed E-state index contributed by atoms with van der Waals surface area (Å²) >= 11 is 5.75. The van der Waals surface area contributed by atoms with Gasteiger partial charge in [0.2, 0.25) is 0 Å². The zero-order valence-electron chi connectivity index (χ0n) is 14.0. The van der Waals surface area contributed by atoms with Gasteiger partial charge in [-0.15, -0.1) is 0 Å². The number of ether oxygens (including phenoxy) is 1. The third-order valence-electron chi connectivity index (χ3n) is 3.89. The van der Waals surface area contributed by atoms with Gasteiger partial charge in [0.25, 0.3) is 5.91 Å². The molecule has 0 aliphatic heterocycles. The predicted octanol–water partition coefficient (Wildman–Crippen LogP) is 4.82. The van der Waals surface area contributed by atoms with E-state index in [4.69, 9.17) is 16.3 Å². The Morgan fingerprint density at radius 3 is 2.67 bits per heavy atom. The van der Waals surface area contributed by atoms with Crippen LogP contribution in [0.3, 0.4) is 0 Å². The zero-order chi connectivity index (χ0) is 17.7. The maximum absolute atomic E-state index is 13.7. The minimum Gasteiger partial charge on any atom is -0.380 e. The fourth-order valence-corrected chi connectivity index (χ4v) is 2.48. The molecule has 0 aromatic heterocycles. The van der Waals surface area contributed by atoms with E-state index in [1.165, 1.54) is 12.1 Å². The molecule has 0 bridgehead atoms. The van der Waals surface area contributed by atoms with Gasteiger partial charge in [0.05, 0.1) is 11.6 Å². The largest absolute Gasteiger partial charge is 0.380 e. The Morgan fingerprint density at radius 2 is 2.04 bits per heavy atom. The van der Waals surface area contributed by atoms with Crippen molar-refractivity contribution in [2.75, 3.05) is 7.11 Å². The summed E-state index contributed by atoms with van der Waals surface area (Å²) in [6.45, 7) is 4.29. The molecule has 0 saturated carbocycles. The van der Waals surface area contributed by atoms with Gasteiger partial charge >= 0.3 is 0 Å². The summed E-state index contributed by atoms with van der Waals surface area (Å²) in [4.78, 5) is 12.3. The molecule has 1 N–H and O–H groups in total. The van der Waals surface area contributed by atoms with E-state index >= 15 is 0 Å². The molecule has 0 aliphatic rings. The highest BCUT2D eigenvalue weighted by Crippen LogP contribution is 2.28. The van der Waals surface area contributed by atoms with E-state index in [1.807, 2.05) is 19.9 Å². The number of rotatable bonds is 6. The molecule has 0 heterocycles. The van der Waals surface area contributed by atoms with Crippen LogP contribution in [0.4, 0.5) is 4.39 Å². The summed E-state index contributed by atoms with van der Waals surface area (Å²) in [6, 6.07) is 10.1. The van der Waals surface area contributed by atoms with Crippen LogP contribution in [-0.2, 0) is 11.3 Å². The van der Waals surface area contributed by atoms with Gasteiger partial charge < -0.3 is 10.1 Å². The lowest BCUT2D eigenvalue weighted by Gasteiger charge is -2.14. The Labute approximate surface area is 146 Å². The fourth-order valence-electron chi connectivity index (χ4n) is 2.36. The Kier molecular flexibility index (Phi) is 6.35. The van der Waals surface area contributed by atoms with Crippen molar-refractivity contribution in [3.8, 4) is 11.1 Å². The van der Waals surface area contributed by atoms with Crippen molar-refractivity contribution in [1.29, 1.82) is 0 Å². The second kappa shape index (κ2) is 8.27. The summed E-state index contributed by atoms with van der Waals surface area (Å²) in [5.74, 6) is -0.605. The number of carbonyl (C=O) groups excluding carboxylic acids is 1. The third kappa shape index (κ3) is 4.34. The number of nitrogens with one attached hydrogen (secondary N) is 1. The van der Waals surface area contributed by atoms with E-state index in [9.17, 15) is 9.18 Å². The number of carbonyl (C=O) groups is 1. The highest BCUT2D eigenvalue weighted by Gasteiger charge is 2.13. The van der Waals surface area contributed by atoms with E-state index < -0.39 is 5.82 Å². The van der Waals surface area contributed by atoms with Crippen LogP contribution in [0.1, 0.15) is 36.2 Å². The minimum absolute atomic E-state index is 0.0802. The molecule has 3 nitrogen and oxygen atoms in total. The first kappa shape index (κ1) is 18.4. The van der Waals surface area contributed by atoms with Gasteiger partial charge in [-0.25, -0.2) is 4.39 Å². The number of hydrogen-bond donors (Lipinski definition) is 1. The number of benzene rings is 2. The third-order valence-corrected chi connectivity index (χ3v) is 4.19. The van der Waals surface area contributed by atoms with E-state index in [1.54, 1.807) is 25.3 Å². The minimum atomic E-state index is -0.476. The van der Waals surface area contributed by atoms with Gasteiger partial charge in [-0.05, 0) is 54.3 Å². The van der Waals surface area contributed by atoms with Crippen LogP contribution in [0.15, 0.2) is 36.4 Å². The van der Waals surface area contributed by atoms with E-state index in [0.717, 1.165) is 17.5 Å². The van der Waals surface area contributed by atoms with Crippen LogP contribution in [0.25, 0.3) is 11.1 Å². The summed E-state index contributed by atoms with van der Waals surface area (Å²) in [7, 11) is 1.58. The SMILES string of the molecule is CCC(C)NC(=O)c1ccc(-c2ccc(Cl)c(F)c2)c(COC)c1. The first-order chi connectivity index (χ1) is 11.5. The van der Waals surface area contributed by atoms with Gasteiger partial charge in [0.15, 0.2) is 0 Å². The zero-order valence-corrected chi connectivity index (χ0v) is 14.8. The lowest BCUT2D eigenvalue weighted by molar-refractivity contribution is 0.0939. The maximum Gasteiger partial charge on any atom is 0.251 e. The van der Waals surface area contributed by atoms with Crippen molar-refractivity contribution in [2.24, 2.45) is 0 Å². The summed E-state index contributed by atoms with van der Waals surface area (Å²) in [6.07, 6.45) is 0.860. The van der Waals surface area contributed by atoms with E-state index in [0.29, 0.717) is 17.7 Å². The van der Waals surface area contributed by atoms with Gasteiger partial charge in [0, 0.05) is 18.7 Å². The van der Waals surface area contributed by atoms with Gasteiger partial charge in [-0.2, -0.15) is 0 Å². The Morgan fingerprint density at radius 1 is 1.29 bits per heavy atom. The molecule has 2 rings (SSSR count). The van der Waals surface area contributed by atoms with Crippen LogP contribution in [0.2, 0.25) is 5.02 Å². The van der Waals surface area contributed by atoms with Crippen LogP contribution in [0, 0.1) is 5.82 Å². The molecule has 24 heavy (non-hydrogen) atoms. The smallest absolute Gasteiger partial charge is 0.251 e. The molecule has 2 aromatic carbocycles. The van der Waals surface area contributed by atoms with Gasteiger partial charge in [-0.1, -0.05) is 30.7 Å². The topological polar surface area (TPSA) is 38.3 Å². The van der Waals surface area contributed by atoms with Crippen LogP contribution in [-0.4, -0.2) is 19.1 Å². The van der Waals surface area contributed by atoms with Gasteiger partial charge in [-0.3, -0.25) is 4.79 Å². The summed E-state index contributed by atoms with van der Waals surface area (Å²) < 4.78 is 19.0. The lowest BCUT2D eigenvalue weighted by Crippen LogP contribution is -2.31. The highest BCUT2D eigenvalue weighted by molar-refractivity contribution is 6.30. The number of amides is 1. The summed E-state index contributed by atoms with van der Waals surface area (Å²) in [5.41, 5.74) is 2.88. The van der Waals surface area contributed by atoms with E-state index in [2.05, 4.69) is 5.32 Å². The fraction of sp³-hybridized carbons (Fsp3) is 0.316. The first-order valence-corrected chi connectivity index (χ1v) is 8.22. The number of halogens is 2. The van der Waals surface area contributed by atoms with Crippen molar-refractivity contribution in [3.05, 3.63) is 58.4 Å². The molecule has 1 amide bonds. The molecule has 0 fully saturated rings. The predicted molar refractivity (Wildman–Crippen MR) is 94.8 cm³/mol. The molecule has 5 heteroatoms. The average molecular weight is 350 g/mol. The second-order valence-electron chi connectivity index (χ2n) is 5.72. The molecule has 128 valence electrons. The Balaban J connectivity index is 2.39. The highest BCUT2D eigenvalue weighted by atomic mass is 35.5. The molecule has 0 spiro atoms. The molecule has 0 aliphatic carbocycles. The van der Waals surface area contributed by atoms with Crippen molar-refractivity contribution >= 4 is 17.5 Å². The van der Waals surface area contributed by atoms with Gasteiger partial charge in [0.1, 0.15) is 5.82 Å². The molecule has 0 radical (unpaired) electrons. The summed E-state index contributed by atoms with van der Waals surface area (Å²) in [5, 5.41) is 3.01. The molecular formula is C19H21ClFNO2. The molecular weight excluding hydrogens is 329 g/mol. The van der Waals surface area contributed by atoms with Crippen molar-refractivity contribution in [1.82, 2.24) is 5.32 Å². The average Bonchev–Trinajstić information content (AvgIpc) is 2.57. The maximum atomic E-state index is 13.7. The molecule has 2 aromatic rings. The van der Waals surface area contributed by atoms with Crippen molar-refractivity contribution in [3.63, 3.8) is 0 Å². The van der Waals surface area contributed by atoms with Crippen LogP contribution in [0.5, 0.6) is 0 Å². The lowest BCUT2D eigenvalue weighted by atomic mass is 9.97. The number of hydrogen-bond acceptors (Lipinski definition) is 2. The van der Waals surface area contributed by atoms with Crippen molar-refractivity contribution < 1.29 is 13.9 Å². The first-order valence-electron chi connectivity index (χ1n) is 7.84. The standard InChI is InChI=1S/C19H21ClFNO2/c1-4-12(2)22-19(23)14-5-7-16(15(9-14)11-24-3)13-6-8-17(20)18(21)10-13/h5-10,12H,4,11H2,1-3H3,(H,22,23). The molecule has 0 saturated heterocycles. The number of methoxy groups -OCH3 is 1. The van der Waals surface area contributed by atoms with Crippen molar-refractivity contribution in [2.45, 2.75) is 32.9 Å². The van der Waals surface area contributed by atoms with Crippen LogP contribution >= 0.6 is 11.6 Å². The Bertz CT molecular complexity index is 733. The van der Waals surface area contributed by atoms with Crippen LogP contribution < -0.4 is 5.32 Å². The normalized spacial score (nSPS) is 12.0. The second-order valence-corrected chi connectivity index (χ2v) is 6.12. The van der Waals surface area contributed by atoms with E-state index in [-0.39, 0.29) is 17.0 Å². The quantitative estimate of drug-likeness (QED) is 0.811. The molecule has 1 atom stereocenters. The molecule has 1 unspecified atom stereocenters.